The lowest BCUT2D eigenvalue weighted by atomic mass is 9.93. The van der Waals surface area contributed by atoms with Crippen LogP contribution in [-0.4, -0.2) is 38.5 Å². The molecule has 0 unspecified atom stereocenters. The van der Waals surface area contributed by atoms with Crippen molar-refractivity contribution in [3.63, 3.8) is 0 Å². The minimum absolute atomic E-state index is 0.0331. The molecule has 23 heavy (non-hydrogen) atoms. The highest BCUT2D eigenvalue weighted by molar-refractivity contribution is 5.48. The number of likely N-dealkylation sites (N-methyl/N-ethyl adjacent to an activating group) is 1. The number of benzene rings is 2. The highest BCUT2D eigenvalue weighted by Crippen LogP contribution is 2.48. The van der Waals surface area contributed by atoms with Gasteiger partial charge in [0, 0.05) is 5.56 Å². The number of nitrogens with zero attached hydrogens (tertiary/aromatic N) is 1. The molecule has 0 radical (unpaired) electrons. The SMILES string of the molecule is C[N+](C)(C)[C@@H]1CO[C@@]2(O1)c1ccccc1COc1ccccc12. The predicted molar refractivity (Wildman–Crippen MR) is 86.9 cm³/mol. The average Bonchev–Trinajstić information content (AvgIpc) is 2.94. The fourth-order valence-electron chi connectivity index (χ4n) is 3.24. The van der Waals surface area contributed by atoms with Gasteiger partial charge in [0.1, 0.15) is 19.0 Å². The predicted octanol–water partition coefficient (Wildman–Crippen LogP) is 2.86. The van der Waals surface area contributed by atoms with Gasteiger partial charge >= 0.3 is 0 Å². The molecular formula is C19H22NO3+. The van der Waals surface area contributed by atoms with Crippen LogP contribution in [0.2, 0.25) is 0 Å². The Hall–Kier alpha value is -1.88. The molecule has 2 atom stereocenters. The average molecular weight is 312 g/mol. The van der Waals surface area contributed by atoms with Gasteiger partial charge in [0.25, 0.3) is 0 Å². The summed E-state index contributed by atoms with van der Waals surface area (Å²) in [5.41, 5.74) is 3.09. The van der Waals surface area contributed by atoms with Crippen LogP contribution >= 0.6 is 0 Å². The lowest BCUT2D eigenvalue weighted by molar-refractivity contribution is -0.917. The Labute approximate surface area is 136 Å². The van der Waals surface area contributed by atoms with E-state index in [0.717, 1.165) is 22.4 Å². The zero-order chi connectivity index (χ0) is 16.1. The van der Waals surface area contributed by atoms with Gasteiger partial charge in [0.05, 0.1) is 26.7 Å². The van der Waals surface area contributed by atoms with Crippen LogP contribution < -0.4 is 4.74 Å². The Morgan fingerprint density at radius 1 is 0.957 bits per heavy atom. The Kier molecular flexibility index (Phi) is 3.23. The minimum atomic E-state index is -0.889. The van der Waals surface area contributed by atoms with Crippen LogP contribution in [0.1, 0.15) is 16.7 Å². The summed E-state index contributed by atoms with van der Waals surface area (Å²) >= 11 is 0. The van der Waals surface area contributed by atoms with Crippen LogP contribution in [0.4, 0.5) is 0 Å². The third-order valence-electron chi connectivity index (χ3n) is 4.59. The van der Waals surface area contributed by atoms with Gasteiger partial charge in [-0.15, -0.1) is 0 Å². The number of para-hydroxylation sites is 1. The first kappa shape index (κ1) is 14.7. The Balaban J connectivity index is 1.91. The summed E-state index contributed by atoms with van der Waals surface area (Å²) in [6, 6.07) is 16.2. The highest BCUT2D eigenvalue weighted by Gasteiger charge is 2.52. The maximum Gasteiger partial charge on any atom is 0.232 e. The summed E-state index contributed by atoms with van der Waals surface area (Å²) in [7, 11) is 6.37. The van der Waals surface area contributed by atoms with Gasteiger partial charge in [-0.1, -0.05) is 36.4 Å². The topological polar surface area (TPSA) is 27.7 Å². The summed E-state index contributed by atoms with van der Waals surface area (Å²) in [6.07, 6.45) is -0.0331. The summed E-state index contributed by atoms with van der Waals surface area (Å²) in [4.78, 5) is 0. The summed E-state index contributed by atoms with van der Waals surface area (Å²) in [5, 5.41) is 0. The molecule has 4 heteroatoms. The van der Waals surface area contributed by atoms with E-state index in [4.69, 9.17) is 14.2 Å². The second-order valence-corrected chi connectivity index (χ2v) is 7.06. The summed E-state index contributed by atoms with van der Waals surface area (Å²) < 4.78 is 19.6. The molecule has 4 rings (SSSR count). The number of quaternary nitrogens is 1. The fourth-order valence-corrected chi connectivity index (χ4v) is 3.24. The molecule has 2 aliphatic heterocycles. The minimum Gasteiger partial charge on any atom is -0.488 e. The first-order valence-corrected chi connectivity index (χ1v) is 7.94. The molecule has 2 aliphatic rings. The zero-order valence-corrected chi connectivity index (χ0v) is 13.8. The van der Waals surface area contributed by atoms with E-state index >= 15 is 0 Å². The van der Waals surface area contributed by atoms with Gasteiger partial charge in [0.2, 0.25) is 12.0 Å². The summed E-state index contributed by atoms with van der Waals surface area (Å²) in [6.45, 7) is 1.07. The molecule has 0 saturated carbocycles. The fraction of sp³-hybridized carbons (Fsp3) is 0.368. The van der Waals surface area contributed by atoms with Crippen LogP contribution in [0.5, 0.6) is 5.75 Å². The van der Waals surface area contributed by atoms with Crippen molar-refractivity contribution in [1.29, 1.82) is 0 Å². The Bertz CT molecular complexity index is 688. The van der Waals surface area contributed by atoms with E-state index in [1.165, 1.54) is 0 Å². The highest BCUT2D eigenvalue weighted by atomic mass is 16.8. The molecule has 2 aromatic rings. The standard InChI is InChI=1S/C19H22NO3/c1-20(2,3)18-13-22-19(23-18)15-9-5-4-8-14(15)12-21-17-11-7-6-10-16(17)19/h4-11,18H,12-13H2,1-3H3/q+1/t18-,19+/m0/s1. The van der Waals surface area contributed by atoms with E-state index in [1.807, 2.05) is 36.4 Å². The molecule has 0 N–H and O–H groups in total. The maximum absolute atomic E-state index is 6.56. The normalized spacial score (nSPS) is 26.3. The molecule has 120 valence electrons. The quantitative estimate of drug-likeness (QED) is 0.758. The number of ether oxygens (including phenoxy) is 3. The van der Waals surface area contributed by atoms with Crippen molar-refractivity contribution in [2.45, 2.75) is 18.6 Å². The van der Waals surface area contributed by atoms with E-state index in [-0.39, 0.29) is 6.23 Å². The van der Waals surface area contributed by atoms with Crippen LogP contribution in [0, 0.1) is 0 Å². The molecule has 2 heterocycles. The molecular weight excluding hydrogens is 290 g/mol. The lowest BCUT2D eigenvalue weighted by Gasteiger charge is -2.33. The second-order valence-electron chi connectivity index (χ2n) is 7.06. The zero-order valence-electron chi connectivity index (χ0n) is 13.8. The van der Waals surface area contributed by atoms with E-state index in [1.54, 1.807) is 0 Å². The van der Waals surface area contributed by atoms with Gasteiger partial charge in [-0.25, -0.2) is 0 Å². The van der Waals surface area contributed by atoms with Crippen LogP contribution in [0.25, 0.3) is 0 Å². The van der Waals surface area contributed by atoms with Crippen molar-refractivity contribution in [2.24, 2.45) is 0 Å². The first-order chi connectivity index (χ1) is 11.0. The molecule has 2 aromatic carbocycles. The number of hydrogen-bond donors (Lipinski definition) is 0. The van der Waals surface area contributed by atoms with Crippen molar-refractivity contribution in [1.82, 2.24) is 0 Å². The number of hydrogen-bond acceptors (Lipinski definition) is 3. The molecule has 1 spiro atoms. The van der Waals surface area contributed by atoms with Gasteiger partial charge in [0.15, 0.2) is 0 Å². The second kappa shape index (κ2) is 5.06. The molecule has 4 nitrogen and oxygen atoms in total. The van der Waals surface area contributed by atoms with E-state index in [0.29, 0.717) is 17.7 Å². The van der Waals surface area contributed by atoms with Crippen molar-refractivity contribution in [3.8, 4) is 5.75 Å². The van der Waals surface area contributed by atoms with Gasteiger partial charge in [-0.05, 0) is 17.7 Å². The van der Waals surface area contributed by atoms with Crippen molar-refractivity contribution < 1.29 is 18.7 Å². The van der Waals surface area contributed by atoms with Gasteiger partial charge < -0.3 is 14.0 Å². The smallest absolute Gasteiger partial charge is 0.232 e. The van der Waals surface area contributed by atoms with Crippen LogP contribution in [0.15, 0.2) is 48.5 Å². The largest absolute Gasteiger partial charge is 0.488 e. The maximum atomic E-state index is 6.56. The van der Waals surface area contributed by atoms with E-state index < -0.39 is 5.79 Å². The van der Waals surface area contributed by atoms with Gasteiger partial charge in [-0.2, -0.15) is 0 Å². The van der Waals surface area contributed by atoms with Crippen molar-refractivity contribution in [2.75, 3.05) is 27.7 Å². The number of rotatable bonds is 1. The molecule has 0 aliphatic carbocycles. The van der Waals surface area contributed by atoms with Crippen molar-refractivity contribution >= 4 is 0 Å². The molecule has 1 saturated heterocycles. The lowest BCUT2D eigenvalue weighted by Crippen LogP contribution is -2.47. The van der Waals surface area contributed by atoms with Crippen LogP contribution in [0.3, 0.4) is 0 Å². The van der Waals surface area contributed by atoms with E-state index in [9.17, 15) is 0 Å². The molecule has 1 fully saturated rings. The Morgan fingerprint density at radius 2 is 1.65 bits per heavy atom. The van der Waals surface area contributed by atoms with Crippen molar-refractivity contribution in [3.05, 3.63) is 65.2 Å². The van der Waals surface area contributed by atoms with E-state index in [2.05, 4.69) is 33.3 Å². The third-order valence-corrected chi connectivity index (χ3v) is 4.59. The number of fused-ring (bicyclic) bond motifs is 4. The monoisotopic (exact) mass is 312 g/mol. The first-order valence-electron chi connectivity index (χ1n) is 7.94. The van der Waals surface area contributed by atoms with Crippen LogP contribution in [-0.2, 0) is 21.9 Å². The van der Waals surface area contributed by atoms with Gasteiger partial charge in [-0.3, -0.25) is 4.74 Å². The third kappa shape index (κ3) is 2.26. The molecule has 0 aromatic heterocycles. The molecule has 0 bridgehead atoms. The Morgan fingerprint density at radius 3 is 2.39 bits per heavy atom. The summed E-state index contributed by atoms with van der Waals surface area (Å²) in [5.74, 6) is -0.0642. The molecule has 0 amide bonds.